The lowest BCUT2D eigenvalue weighted by Crippen LogP contribution is -2.22. The standard InChI is InChI=1S/C14H24N2/c1-11(2)15-9-13-5-7-14(8-6-13)10-16-12(3)4/h5-8,11-12,15-16H,9-10H2,1-4H3. The summed E-state index contributed by atoms with van der Waals surface area (Å²) < 4.78 is 0. The Morgan fingerprint density at radius 1 is 0.750 bits per heavy atom. The SMILES string of the molecule is CC(C)NCc1ccc(CNC(C)C)cc1. The van der Waals surface area contributed by atoms with E-state index in [9.17, 15) is 0 Å². The molecule has 2 heteroatoms. The Hall–Kier alpha value is -0.860. The van der Waals surface area contributed by atoms with Gasteiger partial charge in [0, 0.05) is 25.2 Å². The lowest BCUT2D eigenvalue weighted by molar-refractivity contribution is 0.584. The quantitative estimate of drug-likeness (QED) is 0.770. The molecule has 0 aliphatic heterocycles. The Labute approximate surface area is 99.5 Å². The van der Waals surface area contributed by atoms with Crippen molar-refractivity contribution in [2.45, 2.75) is 52.9 Å². The molecule has 1 rings (SSSR count). The molecule has 2 nitrogen and oxygen atoms in total. The highest BCUT2D eigenvalue weighted by Crippen LogP contribution is 2.04. The maximum Gasteiger partial charge on any atom is 0.0207 e. The molecule has 0 aliphatic carbocycles. The van der Waals surface area contributed by atoms with Crippen molar-refractivity contribution >= 4 is 0 Å². The van der Waals surface area contributed by atoms with Crippen molar-refractivity contribution in [3.05, 3.63) is 35.4 Å². The monoisotopic (exact) mass is 220 g/mol. The van der Waals surface area contributed by atoms with Gasteiger partial charge in [0.25, 0.3) is 0 Å². The first-order valence-corrected chi connectivity index (χ1v) is 6.12. The van der Waals surface area contributed by atoms with Gasteiger partial charge in [-0.2, -0.15) is 0 Å². The van der Waals surface area contributed by atoms with E-state index in [-0.39, 0.29) is 0 Å². The van der Waals surface area contributed by atoms with Crippen molar-refractivity contribution in [2.75, 3.05) is 0 Å². The Morgan fingerprint density at radius 3 is 1.31 bits per heavy atom. The summed E-state index contributed by atoms with van der Waals surface area (Å²) in [6, 6.07) is 9.89. The van der Waals surface area contributed by atoms with E-state index in [1.807, 2.05) is 0 Å². The third-order valence-electron chi connectivity index (χ3n) is 2.45. The highest BCUT2D eigenvalue weighted by atomic mass is 14.9. The molecule has 0 aromatic heterocycles. The summed E-state index contributed by atoms with van der Waals surface area (Å²) in [5.41, 5.74) is 2.70. The van der Waals surface area contributed by atoms with Crippen molar-refractivity contribution in [3.8, 4) is 0 Å². The normalized spacial score (nSPS) is 11.4. The minimum atomic E-state index is 0.544. The van der Waals surface area contributed by atoms with Crippen LogP contribution in [0.15, 0.2) is 24.3 Å². The molecule has 0 fully saturated rings. The average Bonchev–Trinajstić information content (AvgIpc) is 2.25. The van der Waals surface area contributed by atoms with Crippen LogP contribution in [0.3, 0.4) is 0 Å². The van der Waals surface area contributed by atoms with Crippen LogP contribution in [0.5, 0.6) is 0 Å². The zero-order chi connectivity index (χ0) is 12.0. The summed E-state index contributed by atoms with van der Waals surface area (Å²) in [6.45, 7) is 10.6. The molecule has 0 unspecified atom stereocenters. The van der Waals surface area contributed by atoms with E-state index >= 15 is 0 Å². The minimum Gasteiger partial charge on any atom is -0.310 e. The second-order valence-corrected chi connectivity index (χ2v) is 4.89. The maximum atomic E-state index is 3.42. The predicted molar refractivity (Wildman–Crippen MR) is 70.4 cm³/mol. The molecule has 0 bridgehead atoms. The third kappa shape index (κ3) is 5.29. The maximum absolute atomic E-state index is 3.42. The molecule has 1 aromatic rings. The largest absolute Gasteiger partial charge is 0.310 e. The molecule has 0 saturated carbocycles. The fourth-order valence-electron chi connectivity index (χ4n) is 1.42. The first-order valence-electron chi connectivity index (χ1n) is 6.12. The van der Waals surface area contributed by atoms with Crippen LogP contribution in [0.2, 0.25) is 0 Å². The van der Waals surface area contributed by atoms with E-state index in [0.717, 1.165) is 13.1 Å². The van der Waals surface area contributed by atoms with Crippen LogP contribution in [-0.2, 0) is 13.1 Å². The van der Waals surface area contributed by atoms with Crippen molar-refractivity contribution in [1.29, 1.82) is 0 Å². The van der Waals surface area contributed by atoms with Gasteiger partial charge in [0.1, 0.15) is 0 Å². The van der Waals surface area contributed by atoms with E-state index in [0.29, 0.717) is 12.1 Å². The van der Waals surface area contributed by atoms with Gasteiger partial charge in [-0.1, -0.05) is 52.0 Å². The van der Waals surface area contributed by atoms with Crippen LogP contribution >= 0.6 is 0 Å². The molecule has 0 amide bonds. The molecule has 1 aromatic carbocycles. The third-order valence-corrected chi connectivity index (χ3v) is 2.45. The van der Waals surface area contributed by atoms with Gasteiger partial charge in [-0.3, -0.25) is 0 Å². The van der Waals surface area contributed by atoms with Crippen molar-refractivity contribution in [1.82, 2.24) is 10.6 Å². The second kappa shape index (κ2) is 6.66. The summed E-state index contributed by atoms with van der Waals surface area (Å²) in [7, 11) is 0. The molecule has 90 valence electrons. The number of hydrogen-bond acceptors (Lipinski definition) is 2. The summed E-state index contributed by atoms with van der Waals surface area (Å²) in [5, 5.41) is 6.83. The fraction of sp³-hybridized carbons (Fsp3) is 0.571. The topological polar surface area (TPSA) is 24.1 Å². The molecular weight excluding hydrogens is 196 g/mol. The van der Waals surface area contributed by atoms with E-state index in [2.05, 4.69) is 62.6 Å². The molecule has 16 heavy (non-hydrogen) atoms. The number of benzene rings is 1. The average molecular weight is 220 g/mol. The van der Waals surface area contributed by atoms with Gasteiger partial charge in [0.15, 0.2) is 0 Å². The van der Waals surface area contributed by atoms with Crippen LogP contribution in [0.25, 0.3) is 0 Å². The molecule has 2 N–H and O–H groups in total. The van der Waals surface area contributed by atoms with Crippen LogP contribution in [0, 0.1) is 0 Å². The van der Waals surface area contributed by atoms with E-state index in [4.69, 9.17) is 0 Å². The first kappa shape index (κ1) is 13.2. The van der Waals surface area contributed by atoms with E-state index in [1.54, 1.807) is 0 Å². The first-order chi connectivity index (χ1) is 7.58. The highest BCUT2D eigenvalue weighted by molar-refractivity contribution is 5.22. The van der Waals surface area contributed by atoms with E-state index in [1.165, 1.54) is 11.1 Å². The highest BCUT2D eigenvalue weighted by Gasteiger charge is 1.97. The lowest BCUT2D eigenvalue weighted by atomic mass is 10.1. The van der Waals surface area contributed by atoms with Crippen LogP contribution in [0.4, 0.5) is 0 Å². The lowest BCUT2D eigenvalue weighted by Gasteiger charge is -2.10. The number of rotatable bonds is 6. The van der Waals surface area contributed by atoms with Crippen molar-refractivity contribution < 1.29 is 0 Å². The van der Waals surface area contributed by atoms with Gasteiger partial charge in [-0.05, 0) is 11.1 Å². The van der Waals surface area contributed by atoms with Gasteiger partial charge >= 0.3 is 0 Å². The molecular formula is C14H24N2. The van der Waals surface area contributed by atoms with E-state index < -0.39 is 0 Å². The second-order valence-electron chi connectivity index (χ2n) is 4.89. The molecule has 0 radical (unpaired) electrons. The van der Waals surface area contributed by atoms with Gasteiger partial charge < -0.3 is 10.6 Å². The van der Waals surface area contributed by atoms with Crippen LogP contribution < -0.4 is 10.6 Å². The van der Waals surface area contributed by atoms with Crippen molar-refractivity contribution in [2.24, 2.45) is 0 Å². The summed E-state index contributed by atoms with van der Waals surface area (Å²) in [5.74, 6) is 0. The van der Waals surface area contributed by atoms with Crippen molar-refractivity contribution in [3.63, 3.8) is 0 Å². The van der Waals surface area contributed by atoms with Gasteiger partial charge in [0.2, 0.25) is 0 Å². The minimum absolute atomic E-state index is 0.544. The predicted octanol–water partition coefficient (Wildman–Crippen LogP) is 2.68. The Morgan fingerprint density at radius 2 is 1.06 bits per heavy atom. The summed E-state index contributed by atoms with van der Waals surface area (Å²) >= 11 is 0. The van der Waals surface area contributed by atoms with Gasteiger partial charge in [-0.25, -0.2) is 0 Å². The Balaban J connectivity index is 2.41. The molecule has 0 aliphatic rings. The molecule has 0 saturated heterocycles. The molecule has 0 heterocycles. The van der Waals surface area contributed by atoms with Crippen LogP contribution in [-0.4, -0.2) is 12.1 Å². The van der Waals surface area contributed by atoms with Gasteiger partial charge in [-0.15, -0.1) is 0 Å². The molecule has 0 atom stereocenters. The fourth-order valence-corrected chi connectivity index (χ4v) is 1.42. The van der Waals surface area contributed by atoms with Crippen LogP contribution in [0.1, 0.15) is 38.8 Å². The number of nitrogens with one attached hydrogen (secondary N) is 2. The number of hydrogen-bond donors (Lipinski definition) is 2. The smallest absolute Gasteiger partial charge is 0.0207 e. The zero-order valence-electron chi connectivity index (χ0n) is 10.9. The molecule has 0 spiro atoms. The van der Waals surface area contributed by atoms with Gasteiger partial charge in [0.05, 0.1) is 0 Å². The summed E-state index contributed by atoms with van der Waals surface area (Å²) in [6.07, 6.45) is 0. The Kier molecular flexibility index (Phi) is 5.50. The Bertz CT molecular complexity index is 257. The summed E-state index contributed by atoms with van der Waals surface area (Å²) in [4.78, 5) is 0. The zero-order valence-corrected chi connectivity index (χ0v) is 10.9.